The van der Waals surface area contributed by atoms with Crippen LogP contribution >= 0.6 is 35.6 Å². The number of para-hydroxylation sites is 1. The predicted molar refractivity (Wildman–Crippen MR) is 139 cm³/mol. The van der Waals surface area contributed by atoms with Crippen molar-refractivity contribution in [2.75, 3.05) is 16.8 Å². The highest BCUT2D eigenvalue weighted by molar-refractivity contribution is 8.27. The Kier molecular flexibility index (Phi) is 7.13. The van der Waals surface area contributed by atoms with Crippen LogP contribution in [0, 0.1) is 6.92 Å². The molecule has 33 heavy (non-hydrogen) atoms. The maximum Gasteiger partial charge on any atom is 0.270 e. The SMILES string of the molecule is Cc1ccc(N2C(=O)/C(=C/c3ccc(OCC(=O)Nc4ccccc4Cl)cc3)SC2=S)cc1. The third-order valence-corrected chi connectivity index (χ3v) is 6.41. The number of nitrogens with one attached hydrogen (secondary N) is 1. The predicted octanol–water partition coefficient (Wildman–Crippen LogP) is 6.07. The molecule has 166 valence electrons. The number of benzene rings is 3. The minimum Gasteiger partial charge on any atom is -0.484 e. The molecule has 4 rings (SSSR count). The topological polar surface area (TPSA) is 58.6 Å². The first-order valence-electron chi connectivity index (χ1n) is 10.0. The van der Waals surface area contributed by atoms with Gasteiger partial charge in [-0.1, -0.05) is 77.5 Å². The Balaban J connectivity index is 1.37. The quantitative estimate of drug-likeness (QED) is 0.333. The number of carbonyl (C=O) groups is 2. The molecule has 0 atom stereocenters. The zero-order valence-corrected chi connectivity index (χ0v) is 20.0. The molecule has 0 spiro atoms. The number of thioether (sulfide) groups is 1. The smallest absolute Gasteiger partial charge is 0.270 e. The highest BCUT2D eigenvalue weighted by atomic mass is 35.5. The van der Waals surface area contributed by atoms with Crippen molar-refractivity contribution in [3.63, 3.8) is 0 Å². The molecule has 0 aliphatic carbocycles. The number of nitrogens with zero attached hydrogens (tertiary/aromatic N) is 1. The molecule has 1 fully saturated rings. The second-order valence-electron chi connectivity index (χ2n) is 7.24. The zero-order valence-electron chi connectivity index (χ0n) is 17.6. The Morgan fingerprint density at radius 1 is 1.09 bits per heavy atom. The van der Waals surface area contributed by atoms with E-state index in [1.807, 2.05) is 43.3 Å². The van der Waals surface area contributed by atoms with E-state index in [1.165, 1.54) is 11.8 Å². The number of halogens is 1. The average Bonchev–Trinajstić information content (AvgIpc) is 3.08. The summed E-state index contributed by atoms with van der Waals surface area (Å²) in [7, 11) is 0. The van der Waals surface area contributed by atoms with E-state index in [2.05, 4.69) is 5.32 Å². The van der Waals surface area contributed by atoms with E-state index in [4.69, 9.17) is 28.6 Å². The molecule has 3 aromatic carbocycles. The van der Waals surface area contributed by atoms with Crippen molar-refractivity contribution >= 4 is 69.2 Å². The van der Waals surface area contributed by atoms with Gasteiger partial charge in [0.1, 0.15) is 5.75 Å². The second kappa shape index (κ2) is 10.2. The molecule has 1 saturated heterocycles. The van der Waals surface area contributed by atoms with Crippen molar-refractivity contribution in [2.45, 2.75) is 6.92 Å². The van der Waals surface area contributed by atoms with Crippen LogP contribution in [-0.4, -0.2) is 22.7 Å². The fourth-order valence-electron chi connectivity index (χ4n) is 3.09. The first-order chi connectivity index (χ1) is 15.9. The van der Waals surface area contributed by atoms with Gasteiger partial charge in [-0.25, -0.2) is 0 Å². The van der Waals surface area contributed by atoms with Crippen molar-refractivity contribution in [3.8, 4) is 5.75 Å². The van der Waals surface area contributed by atoms with Crippen LogP contribution in [0.5, 0.6) is 5.75 Å². The normalized spacial score (nSPS) is 14.6. The third-order valence-electron chi connectivity index (χ3n) is 4.78. The number of hydrogen-bond acceptors (Lipinski definition) is 5. The largest absolute Gasteiger partial charge is 0.484 e. The van der Waals surface area contributed by atoms with Crippen molar-refractivity contribution < 1.29 is 14.3 Å². The lowest BCUT2D eigenvalue weighted by Gasteiger charge is -2.14. The van der Waals surface area contributed by atoms with Crippen LogP contribution in [0.4, 0.5) is 11.4 Å². The Labute approximate surface area is 206 Å². The first kappa shape index (κ1) is 23.0. The van der Waals surface area contributed by atoms with Gasteiger partial charge < -0.3 is 10.1 Å². The number of ether oxygens (including phenoxy) is 1. The van der Waals surface area contributed by atoms with Crippen LogP contribution in [0.25, 0.3) is 6.08 Å². The minimum atomic E-state index is -0.313. The molecular weight excluding hydrogens is 476 g/mol. The molecule has 1 N–H and O–H groups in total. The number of hydrogen-bond donors (Lipinski definition) is 1. The van der Waals surface area contributed by atoms with Crippen LogP contribution in [0.1, 0.15) is 11.1 Å². The number of anilines is 2. The van der Waals surface area contributed by atoms with E-state index in [0.29, 0.717) is 25.7 Å². The molecule has 1 heterocycles. The lowest BCUT2D eigenvalue weighted by molar-refractivity contribution is -0.118. The number of rotatable bonds is 6. The summed E-state index contributed by atoms with van der Waals surface area (Å²) < 4.78 is 6.05. The van der Waals surface area contributed by atoms with Crippen molar-refractivity contribution in [1.29, 1.82) is 0 Å². The lowest BCUT2D eigenvalue weighted by Crippen LogP contribution is -2.27. The Bertz CT molecular complexity index is 1240. The van der Waals surface area contributed by atoms with Gasteiger partial charge in [0.25, 0.3) is 11.8 Å². The fraction of sp³-hybridized carbons (Fsp3) is 0.0800. The van der Waals surface area contributed by atoms with E-state index >= 15 is 0 Å². The summed E-state index contributed by atoms with van der Waals surface area (Å²) in [5, 5.41) is 3.17. The number of carbonyl (C=O) groups excluding carboxylic acids is 2. The standard InChI is InChI=1S/C25H19ClN2O3S2/c1-16-6-10-18(11-7-16)28-24(30)22(33-25(28)32)14-17-8-12-19(13-9-17)31-15-23(29)27-21-5-3-2-4-20(21)26/h2-14H,15H2,1H3,(H,27,29)/b22-14-. The molecule has 2 amide bonds. The van der Waals surface area contributed by atoms with Gasteiger partial charge in [-0.3, -0.25) is 14.5 Å². The van der Waals surface area contributed by atoms with Crippen LogP contribution in [0.2, 0.25) is 5.02 Å². The van der Waals surface area contributed by atoms with E-state index in [1.54, 1.807) is 47.4 Å². The molecule has 5 nitrogen and oxygen atoms in total. The van der Waals surface area contributed by atoms with Crippen molar-refractivity contribution in [1.82, 2.24) is 0 Å². The number of amides is 2. The summed E-state index contributed by atoms with van der Waals surface area (Å²) in [5.74, 6) is 0.0750. The van der Waals surface area contributed by atoms with Gasteiger partial charge in [-0.2, -0.15) is 0 Å². The summed E-state index contributed by atoms with van der Waals surface area (Å²) in [6.07, 6.45) is 1.79. The second-order valence-corrected chi connectivity index (χ2v) is 9.32. The third kappa shape index (κ3) is 5.63. The van der Waals surface area contributed by atoms with Gasteiger partial charge in [0.15, 0.2) is 10.9 Å². The van der Waals surface area contributed by atoms with E-state index < -0.39 is 0 Å². The molecule has 0 radical (unpaired) electrons. The highest BCUT2D eigenvalue weighted by Gasteiger charge is 2.33. The highest BCUT2D eigenvalue weighted by Crippen LogP contribution is 2.36. The summed E-state index contributed by atoms with van der Waals surface area (Å²) in [6.45, 7) is 1.84. The molecule has 0 saturated carbocycles. The van der Waals surface area contributed by atoms with Crippen LogP contribution in [0.15, 0.2) is 77.7 Å². The van der Waals surface area contributed by atoms with Crippen molar-refractivity contribution in [3.05, 3.63) is 93.9 Å². The van der Waals surface area contributed by atoms with E-state index in [-0.39, 0.29) is 18.4 Å². The first-order valence-corrected chi connectivity index (χ1v) is 11.6. The number of aryl methyl sites for hydroxylation is 1. The molecule has 0 aromatic heterocycles. The maximum atomic E-state index is 12.9. The molecule has 0 unspecified atom stereocenters. The summed E-state index contributed by atoms with van der Waals surface area (Å²) >= 11 is 12.7. The van der Waals surface area contributed by atoms with Crippen molar-refractivity contribution in [2.24, 2.45) is 0 Å². The van der Waals surface area contributed by atoms with Crippen LogP contribution < -0.4 is 15.0 Å². The monoisotopic (exact) mass is 494 g/mol. The van der Waals surface area contributed by atoms with Crippen LogP contribution in [0.3, 0.4) is 0 Å². The average molecular weight is 495 g/mol. The molecule has 1 aliphatic rings. The van der Waals surface area contributed by atoms with Gasteiger partial charge in [0, 0.05) is 0 Å². The molecule has 1 aliphatic heterocycles. The van der Waals surface area contributed by atoms with E-state index in [9.17, 15) is 9.59 Å². The Hall–Kier alpha value is -3.13. The lowest BCUT2D eigenvalue weighted by atomic mass is 10.2. The minimum absolute atomic E-state index is 0.148. The van der Waals surface area contributed by atoms with E-state index in [0.717, 1.165) is 16.8 Å². The summed E-state index contributed by atoms with van der Waals surface area (Å²) in [5.41, 5.74) is 3.23. The maximum absolute atomic E-state index is 12.9. The molecule has 8 heteroatoms. The summed E-state index contributed by atoms with van der Waals surface area (Å²) in [6, 6.07) is 21.8. The van der Waals surface area contributed by atoms with Gasteiger partial charge in [-0.05, 0) is 55.0 Å². The Morgan fingerprint density at radius 2 is 1.79 bits per heavy atom. The Morgan fingerprint density at radius 3 is 2.48 bits per heavy atom. The van der Waals surface area contributed by atoms with Gasteiger partial charge >= 0.3 is 0 Å². The zero-order chi connectivity index (χ0) is 23.4. The fourth-order valence-corrected chi connectivity index (χ4v) is 4.58. The van der Waals surface area contributed by atoms with Gasteiger partial charge in [0.2, 0.25) is 0 Å². The molecule has 3 aromatic rings. The molecular formula is C25H19ClN2O3S2. The summed E-state index contributed by atoms with van der Waals surface area (Å²) in [4.78, 5) is 27.1. The number of thiocarbonyl (C=S) groups is 1. The van der Waals surface area contributed by atoms with Crippen LogP contribution in [-0.2, 0) is 9.59 Å². The van der Waals surface area contributed by atoms with Gasteiger partial charge in [-0.15, -0.1) is 0 Å². The molecule has 0 bridgehead atoms. The van der Waals surface area contributed by atoms with Gasteiger partial charge in [0.05, 0.1) is 21.3 Å².